The lowest BCUT2D eigenvalue weighted by atomic mass is 10.0. The van der Waals surface area contributed by atoms with Gasteiger partial charge in [-0.3, -0.25) is 4.40 Å². The number of anilines is 1. The molecule has 0 N–H and O–H groups in total. The first-order valence-electron chi connectivity index (χ1n) is 8.54. The van der Waals surface area contributed by atoms with Crippen LogP contribution in [0.1, 0.15) is 25.3 Å². The van der Waals surface area contributed by atoms with Crippen molar-refractivity contribution in [1.82, 2.24) is 19.4 Å². The average molecular weight is 361 g/mol. The molecule has 5 nitrogen and oxygen atoms in total. The molecule has 4 heterocycles. The van der Waals surface area contributed by atoms with Gasteiger partial charge < -0.3 is 4.90 Å². The van der Waals surface area contributed by atoms with E-state index in [-0.39, 0.29) is 0 Å². The third kappa shape index (κ3) is 3.11. The standard InChI is InChI=1S/C18H18F3N5/c1-12-3-2-8-25(10-12)16-6-7-22-17(24-16)14-9-23-15-5-4-13(11-26(14)15)18(19,20)21/h4-7,9,11-12H,2-3,8,10H2,1H3. The fourth-order valence-corrected chi connectivity index (χ4v) is 3.36. The molecule has 0 radical (unpaired) electrons. The Morgan fingerprint density at radius 2 is 2.00 bits per heavy atom. The van der Waals surface area contributed by atoms with E-state index >= 15 is 0 Å². The highest BCUT2D eigenvalue weighted by Gasteiger charge is 2.31. The van der Waals surface area contributed by atoms with Crippen LogP contribution in [0, 0.1) is 5.92 Å². The third-order valence-electron chi connectivity index (χ3n) is 4.68. The largest absolute Gasteiger partial charge is 0.417 e. The molecule has 0 aromatic carbocycles. The van der Waals surface area contributed by atoms with Gasteiger partial charge in [0.1, 0.15) is 17.2 Å². The van der Waals surface area contributed by atoms with Crippen LogP contribution >= 0.6 is 0 Å². The molecule has 0 bridgehead atoms. The number of hydrogen-bond donors (Lipinski definition) is 0. The number of nitrogens with zero attached hydrogens (tertiary/aromatic N) is 5. The van der Waals surface area contributed by atoms with Gasteiger partial charge in [0.05, 0.1) is 11.8 Å². The van der Waals surface area contributed by atoms with E-state index in [1.54, 1.807) is 6.20 Å². The van der Waals surface area contributed by atoms with Crippen LogP contribution in [0.4, 0.5) is 19.0 Å². The predicted octanol–water partition coefficient (Wildman–Crippen LogP) is 4.05. The van der Waals surface area contributed by atoms with E-state index in [2.05, 4.69) is 26.8 Å². The highest BCUT2D eigenvalue weighted by atomic mass is 19.4. The third-order valence-corrected chi connectivity index (χ3v) is 4.68. The number of hydrogen-bond acceptors (Lipinski definition) is 4. The van der Waals surface area contributed by atoms with Crippen molar-refractivity contribution in [3.63, 3.8) is 0 Å². The van der Waals surface area contributed by atoms with Crippen LogP contribution in [0.5, 0.6) is 0 Å². The number of piperidine rings is 1. The molecule has 1 fully saturated rings. The maximum Gasteiger partial charge on any atom is 0.417 e. The molecule has 3 aromatic rings. The summed E-state index contributed by atoms with van der Waals surface area (Å²) in [5.74, 6) is 1.75. The van der Waals surface area contributed by atoms with Gasteiger partial charge in [0, 0.05) is 25.5 Å². The van der Waals surface area contributed by atoms with E-state index in [1.807, 2.05) is 6.07 Å². The second-order valence-electron chi connectivity index (χ2n) is 6.72. The van der Waals surface area contributed by atoms with Gasteiger partial charge in [-0.25, -0.2) is 15.0 Å². The monoisotopic (exact) mass is 361 g/mol. The Balaban J connectivity index is 1.74. The summed E-state index contributed by atoms with van der Waals surface area (Å²) < 4.78 is 40.5. The zero-order chi connectivity index (χ0) is 18.3. The number of fused-ring (bicyclic) bond motifs is 1. The first-order chi connectivity index (χ1) is 12.4. The molecule has 1 aliphatic rings. The first kappa shape index (κ1) is 16.8. The molecule has 3 aromatic heterocycles. The number of halogens is 3. The van der Waals surface area contributed by atoms with Gasteiger partial charge >= 0.3 is 6.18 Å². The molecule has 26 heavy (non-hydrogen) atoms. The number of imidazole rings is 1. The molecule has 136 valence electrons. The summed E-state index contributed by atoms with van der Waals surface area (Å²) in [6.07, 6.45) is 2.07. The molecule has 0 aliphatic carbocycles. The quantitative estimate of drug-likeness (QED) is 0.691. The Morgan fingerprint density at radius 3 is 2.77 bits per heavy atom. The SMILES string of the molecule is CC1CCCN(c2ccnc(-c3cnc4ccc(C(F)(F)F)cn34)n2)C1. The Hall–Kier alpha value is -2.64. The van der Waals surface area contributed by atoms with Crippen molar-refractivity contribution in [2.45, 2.75) is 25.9 Å². The summed E-state index contributed by atoms with van der Waals surface area (Å²) in [6.45, 7) is 4.05. The Bertz CT molecular complexity index is 934. The van der Waals surface area contributed by atoms with Crippen LogP contribution in [-0.2, 0) is 6.18 Å². The van der Waals surface area contributed by atoms with Crippen molar-refractivity contribution in [3.05, 3.63) is 42.4 Å². The zero-order valence-corrected chi connectivity index (χ0v) is 14.2. The number of pyridine rings is 1. The molecular weight excluding hydrogens is 343 g/mol. The highest BCUT2D eigenvalue weighted by Crippen LogP contribution is 2.30. The Labute approximate surface area is 148 Å². The average Bonchev–Trinajstić information content (AvgIpc) is 3.04. The summed E-state index contributed by atoms with van der Waals surface area (Å²) in [6, 6.07) is 4.22. The predicted molar refractivity (Wildman–Crippen MR) is 91.8 cm³/mol. The summed E-state index contributed by atoms with van der Waals surface area (Å²) in [4.78, 5) is 15.2. The lowest BCUT2D eigenvalue weighted by Crippen LogP contribution is -2.34. The summed E-state index contributed by atoms with van der Waals surface area (Å²) >= 11 is 0. The lowest BCUT2D eigenvalue weighted by Gasteiger charge is -2.31. The minimum atomic E-state index is -4.41. The molecule has 1 atom stereocenters. The van der Waals surface area contributed by atoms with Gasteiger partial charge in [0.25, 0.3) is 0 Å². The maximum absolute atomic E-state index is 13.0. The Morgan fingerprint density at radius 1 is 1.15 bits per heavy atom. The van der Waals surface area contributed by atoms with Gasteiger partial charge in [-0.2, -0.15) is 13.2 Å². The van der Waals surface area contributed by atoms with Gasteiger partial charge in [-0.15, -0.1) is 0 Å². The molecule has 4 rings (SSSR count). The van der Waals surface area contributed by atoms with Gasteiger partial charge in [0.15, 0.2) is 5.82 Å². The van der Waals surface area contributed by atoms with Crippen LogP contribution in [0.3, 0.4) is 0 Å². The summed E-state index contributed by atoms with van der Waals surface area (Å²) in [5.41, 5.74) is 0.136. The lowest BCUT2D eigenvalue weighted by molar-refractivity contribution is -0.137. The number of rotatable bonds is 2. The second-order valence-corrected chi connectivity index (χ2v) is 6.72. The fraction of sp³-hybridized carbons (Fsp3) is 0.389. The van der Waals surface area contributed by atoms with Gasteiger partial charge in [-0.1, -0.05) is 6.92 Å². The number of aromatic nitrogens is 4. The van der Waals surface area contributed by atoms with Gasteiger partial charge in [-0.05, 0) is 37.0 Å². The van der Waals surface area contributed by atoms with Crippen LogP contribution < -0.4 is 4.90 Å². The minimum Gasteiger partial charge on any atom is -0.356 e. The molecular formula is C18H18F3N5. The second kappa shape index (κ2) is 6.26. The fourth-order valence-electron chi connectivity index (χ4n) is 3.36. The van der Waals surface area contributed by atoms with Crippen molar-refractivity contribution >= 4 is 11.5 Å². The van der Waals surface area contributed by atoms with E-state index in [4.69, 9.17) is 0 Å². The van der Waals surface area contributed by atoms with E-state index in [0.29, 0.717) is 23.1 Å². The van der Waals surface area contributed by atoms with Crippen LogP contribution in [-0.4, -0.2) is 32.4 Å². The molecule has 0 spiro atoms. The smallest absolute Gasteiger partial charge is 0.356 e. The van der Waals surface area contributed by atoms with Crippen molar-refractivity contribution in [1.29, 1.82) is 0 Å². The van der Waals surface area contributed by atoms with Crippen LogP contribution in [0.25, 0.3) is 17.2 Å². The minimum absolute atomic E-state index is 0.368. The molecule has 1 aliphatic heterocycles. The molecule has 0 amide bonds. The van der Waals surface area contributed by atoms with Crippen LogP contribution in [0.15, 0.2) is 36.8 Å². The normalized spacial score (nSPS) is 18.5. The van der Waals surface area contributed by atoms with Gasteiger partial charge in [0.2, 0.25) is 0 Å². The van der Waals surface area contributed by atoms with Crippen molar-refractivity contribution in [2.75, 3.05) is 18.0 Å². The van der Waals surface area contributed by atoms with Crippen molar-refractivity contribution in [2.24, 2.45) is 5.92 Å². The molecule has 0 saturated carbocycles. The highest BCUT2D eigenvalue weighted by molar-refractivity contribution is 5.59. The summed E-state index contributed by atoms with van der Waals surface area (Å²) in [5, 5.41) is 0. The van der Waals surface area contributed by atoms with E-state index in [9.17, 15) is 13.2 Å². The maximum atomic E-state index is 13.0. The molecule has 1 unspecified atom stereocenters. The van der Waals surface area contributed by atoms with Crippen LogP contribution in [0.2, 0.25) is 0 Å². The van der Waals surface area contributed by atoms with E-state index < -0.39 is 11.7 Å². The van der Waals surface area contributed by atoms with E-state index in [0.717, 1.165) is 37.6 Å². The topological polar surface area (TPSA) is 46.3 Å². The van der Waals surface area contributed by atoms with Crippen molar-refractivity contribution < 1.29 is 13.2 Å². The van der Waals surface area contributed by atoms with E-state index in [1.165, 1.54) is 23.1 Å². The van der Waals surface area contributed by atoms with Crippen molar-refractivity contribution in [3.8, 4) is 11.5 Å². The zero-order valence-electron chi connectivity index (χ0n) is 14.2. The summed E-state index contributed by atoms with van der Waals surface area (Å²) in [7, 11) is 0. The molecule has 8 heteroatoms. The number of alkyl halides is 3. The molecule has 1 saturated heterocycles. The Kier molecular flexibility index (Phi) is 4.05. The first-order valence-corrected chi connectivity index (χ1v) is 8.54.